The molecule has 0 bridgehead atoms. The lowest BCUT2D eigenvalue weighted by Gasteiger charge is -1.86. The van der Waals surface area contributed by atoms with E-state index >= 15 is 0 Å². The van der Waals surface area contributed by atoms with Crippen molar-refractivity contribution in [1.29, 1.82) is 0 Å². The van der Waals surface area contributed by atoms with Gasteiger partial charge in [-0.05, 0) is 10.7 Å². The van der Waals surface area contributed by atoms with Crippen LogP contribution < -0.4 is 0 Å². The fourth-order valence-corrected chi connectivity index (χ4v) is 0.889. The molecular weight excluding hydrogens is 166 g/mol. The van der Waals surface area contributed by atoms with E-state index in [-0.39, 0.29) is 5.82 Å². The fourth-order valence-electron chi connectivity index (χ4n) is 0.677. The Morgan fingerprint density at radius 3 is 3.00 bits per heavy atom. The maximum atomic E-state index is 10.1. The van der Waals surface area contributed by atoms with Gasteiger partial charge in [-0.3, -0.25) is 0 Å². The van der Waals surface area contributed by atoms with E-state index in [1.807, 2.05) is 0 Å². The van der Waals surface area contributed by atoms with E-state index in [1.54, 1.807) is 0 Å². The highest BCUT2D eigenvalue weighted by Crippen LogP contribution is 2.06. The highest BCUT2D eigenvalue weighted by molar-refractivity contribution is 7.80. The zero-order valence-electron chi connectivity index (χ0n) is 5.65. The number of H-pyrrole nitrogens is 1. The minimum absolute atomic E-state index is 0.0678. The van der Waals surface area contributed by atoms with Crippen molar-refractivity contribution < 1.29 is 4.92 Å². The highest BCUT2D eigenvalue weighted by atomic mass is 32.1. The molecule has 0 saturated carbocycles. The maximum absolute atomic E-state index is 10.1. The summed E-state index contributed by atoms with van der Waals surface area (Å²) in [6.45, 7) is 0. The summed E-state index contributed by atoms with van der Waals surface area (Å²) in [7, 11) is 0. The van der Waals surface area contributed by atoms with Gasteiger partial charge in [0, 0.05) is 6.42 Å². The Bertz CT molecular complexity index is 260. The average molecular weight is 173 g/mol. The van der Waals surface area contributed by atoms with Gasteiger partial charge in [0.05, 0.1) is 0 Å². The SMILES string of the molecule is O=[N+]([O-])c1cnc(CCS)[nH]1. The first-order valence-electron chi connectivity index (χ1n) is 3.03. The van der Waals surface area contributed by atoms with Crippen molar-refractivity contribution in [3.63, 3.8) is 0 Å². The number of hydrogen-bond acceptors (Lipinski definition) is 4. The molecule has 0 amide bonds. The zero-order valence-corrected chi connectivity index (χ0v) is 6.54. The van der Waals surface area contributed by atoms with E-state index < -0.39 is 4.92 Å². The summed E-state index contributed by atoms with van der Waals surface area (Å²) in [5, 5.41) is 10.1. The minimum Gasteiger partial charge on any atom is -0.358 e. The number of aryl methyl sites for hydroxylation is 1. The van der Waals surface area contributed by atoms with Gasteiger partial charge in [0.25, 0.3) is 0 Å². The minimum atomic E-state index is -0.505. The number of hydrogen-bond donors (Lipinski definition) is 2. The number of aromatic nitrogens is 2. The number of nitrogens with zero attached hydrogens (tertiary/aromatic N) is 2. The molecule has 0 radical (unpaired) electrons. The first-order valence-corrected chi connectivity index (χ1v) is 3.66. The summed E-state index contributed by atoms with van der Waals surface area (Å²) in [5.74, 6) is 1.17. The summed E-state index contributed by atoms with van der Waals surface area (Å²) < 4.78 is 0. The largest absolute Gasteiger partial charge is 0.358 e. The van der Waals surface area contributed by atoms with Crippen molar-refractivity contribution >= 4 is 18.4 Å². The van der Waals surface area contributed by atoms with Crippen LogP contribution in [0.5, 0.6) is 0 Å². The van der Waals surface area contributed by atoms with Crippen LogP contribution in [-0.4, -0.2) is 20.6 Å². The Morgan fingerprint density at radius 1 is 1.82 bits per heavy atom. The van der Waals surface area contributed by atoms with Gasteiger partial charge in [0.2, 0.25) is 0 Å². The Hall–Kier alpha value is -1.04. The van der Waals surface area contributed by atoms with E-state index in [0.717, 1.165) is 0 Å². The Balaban J connectivity index is 2.73. The maximum Gasteiger partial charge on any atom is 0.340 e. The van der Waals surface area contributed by atoms with E-state index in [1.165, 1.54) is 6.20 Å². The third kappa shape index (κ3) is 1.94. The smallest absolute Gasteiger partial charge is 0.340 e. The molecule has 0 fully saturated rings. The van der Waals surface area contributed by atoms with E-state index in [4.69, 9.17) is 0 Å². The van der Waals surface area contributed by atoms with E-state index in [2.05, 4.69) is 22.6 Å². The molecular formula is C5H7N3O2S. The molecule has 1 N–H and O–H groups in total. The Kier molecular flexibility index (Phi) is 2.48. The lowest BCUT2D eigenvalue weighted by Crippen LogP contribution is -1.90. The van der Waals surface area contributed by atoms with Crippen molar-refractivity contribution in [1.82, 2.24) is 9.97 Å². The van der Waals surface area contributed by atoms with Gasteiger partial charge in [0.1, 0.15) is 6.20 Å². The molecule has 0 saturated heterocycles. The topological polar surface area (TPSA) is 71.8 Å². The quantitative estimate of drug-likeness (QED) is 0.403. The van der Waals surface area contributed by atoms with Crippen LogP contribution >= 0.6 is 12.6 Å². The number of nitrogens with one attached hydrogen (secondary N) is 1. The van der Waals surface area contributed by atoms with Crippen molar-refractivity contribution in [3.05, 3.63) is 22.1 Å². The second-order valence-corrected chi connectivity index (χ2v) is 2.39. The molecule has 5 nitrogen and oxygen atoms in total. The van der Waals surface area contributed by atoms with Gasteiger partial charge >= 0.3 is 5.82 Å². The van der Waals surface area contributed by atoms with Gasteiger partial charge in [0.15, 0.2) is 5.82 Å². The molecule has 1 heterocycles. The molecule has 0 spiro atoms. The standard InChI is InChI=1S/C5H7N3O2S/c9-8(10)5-3-6-4(7-5)1-2-11/h3,11H,1-2H2,(H,6,7). The van der Waals surface area contributed by atoms with Crippen LogP contribution in [0, 0.1) is 10.1 Å². The van der Waals surface area contributed by atoms with Crippen LogP contribution in [0.1, 0.15) is 5.82 Å². The normalized spacial score (nSPS) is 9.91. The summed E-state index contributed by atoms with van der Waals surface area (Å²) >= 11 is 3.96. The van der Waals surface area contributed by atoms with Crippen molar-refractivity contribution in [3.8, 4) is 0 Å². The second-order valence-electron chi connectivity index (χ2n) is 1.95. The van der Waals surface area contributed by atoms with E-state index in [9.17, 15) is 10.1 Å². The van der Waals surface area contributed by atoms with Gasteiger partial charge < -0.3 is 10.1 Å². The zero-order chi connectivity index (χ0) is 8.27. The molecule has 0 aromatic carbocycles. The summed E-state index contributed by atoms with van der Waals surface area (Å²) in [4.78, 5) is 16.0. The molecule has 60 valence electrons. The van der Waals surface area contributed by atoms with Gasteiger partial charge in [-0.1, -0.05) is 0 Å². The predicted molar refractivity (Wildman–Crippen MR) is 42.8 cm³/mol. The lowest BCUT2D eigenvalue weighted by atomic mass is 10.5. The van der Waals surface area contributed by atoms with Crippen LogP contribution in [0.15, 0.2) is 6.20 Å². The number of thiol groups is 1. The Labute approximate surface area is 68.4 Å². The summed E-state index contributed by atoms with van der Waals surface area (Å²) in [5.41, 5.74) is 0. The molecule has 1 aromatic rings. The molecule has 0 aliphatic rings. The van der Waals surface area contributed by atoms with Crippen molar-refractivity contribution in [2.75, 3.05) is 5.75 Å². The molecule has 6 heteroatoms. The molecule has 0 aliphatic carbocycles. The average Bonchev–Trinajstić information content (AvgIpc) is 2.37. The van der Waals surface area contributed by atoms with Gasteiger partial charge in [-0.15, -0.1) is 0 Å². The molecule has 0 aliphatic heterocycles. The summed E-state index contributed by atoms with van der Waals surface area (Å²) in [6.07, 6.45) is 1.83. The van der Waals surface area contributed by atoms with Crippen LogP contribution in [-0.2, 0) is 6.42 Å². The van der Waals surface area contributed by atoms with Crippen molar-refractivity contribution in [2.45, 2.75) is 6.42 Å². The Morgan fingerprint density at radius 2 is 2.55 bits per heavy atom. The number of aromatic amines is 1. The molecule has 0 atom stereocenters. The van der Waals surface area contributed by atoms with Gasteiger partial charge in [-0.2, -0.15) is 12.6 Å². The number of rotatable bonds is 3. The van der Waals surface area contributed by atoms with Crippen LogP contribution in [0.25, 0.3) is 0 Å². The molecule has 1 rings (SSSR count). The monoisotopic (exact) mass is 173 g/mol. The van der Waals surface area contributed by atoms with Crippen LogP contribution in [0.3, 0.4) is 0 Å². The van der Waals surface area contributed by atoms with Crippen molar-refractivity contribution in [2.24, 2.45) is 0 Å². The first kappa shape index (κ1) is 8.06. The summed E-state index contributed by atoms with van der Waals surface area (Å²) in [6, 6.07) is 0. The second kappa shape index (κ2) is 3.38. The number of nitro groups is 1. The lowest BCUT2D eigenvalue weighted by molar-refractivity contribution is -0.389. The third-order valence-electron chi connectivity index (χ3n) is 1.16. The highest BCUT2D eigenvalue weighted by Gasteiger charge is 2.07. The van der Waals surface area contributed by atoms with E-state index in [0.29, 0.717) is 18.0 Å². The molecule has 11 heavy (non-hydrogen) atoms. The van der Waals surface area contributed by atoms with Crippen LogP contribution in [0.2, 0.25) is 0 Å². The molecule has 0 unspecified atom stereocenters. The third-order valence-corrected chi connectivity index (χ3v) is 1.38. The van der Waals surface area contributed by atoms with Crippen LogP contribution in [0.4, 0.5) is 5.82 Å². The predicted octanol–water partition coefficient (Wildman–Crippen LogP) is 0.790. The van der Waals surface area contributed by atoms with Gasteiger partial charge in [-0.25, -0.2) is 9.97 Å². The fraction of sp³-hybridized carbons (Fsp3) is 0.400. The molecule has 1 aromatic heterocycles. The number of imidazole rings is 1. The first-order chi connectivity index (χ1) is 5.24.